The van der Waals surface area contributed by atoms with Gasteiger partial charge in [-0.15, -0.1) is 0 Å². The van der Waals surface area contributed by atoms with Crippen molar-refractivity contribution >= 4 is 27.8 Å². The van der Waals surface area contributed by atoms with Crippen LogP contribution in [0.4, 0.5) is 0 Å². The van der Waals surface area contributed by atoms with Crippen LogP contribution in [0.1, 0.15) is 29.6 Å². The molecule has 1 aromatic carbocycles. The first-order chi connectivity index (χ1) is 9.53. The normalized spacial score (nSPS) is 28.4. The van der Waals surface area contributed by atoms with Gasteiger partial charge in [0.1, 0.15) is 0 Å². The Morgan fingerprint density at radius 3 is 2.60 bits per heavy atom. The molecule has 0 bridgehead atoms. The molecule has 1 saturated carbocycles. The average Bonchev–Trinajstić information content (AvgIpc) is 2.96. The summed E-state index contributed by atoms with van der Waals surface area (Å²) in [5, 5.41) is 9.54. The third-order valence-electron chi connectivity index (χ3n) is 4.68. The summed E-state index contributed by atoms with van der Waals surface area (Å²) in [4.78, 5) is 25.8. The third kappa shape index (κ3) is 2.04. The van der Waals surface area contributed by atoms with E-state index in [2.05, 4.69) is 15.9 Å². The highest BCUT2D eigenvalue weighted by Gasteiger charge is 2.55. The molecule has 0 spiro atoms. The first-order valence-corrected chi connectivity index (χ1v) is 7.60. The fraction of sp³-hybridized carbons (Fsp3) is 0.467. The van der Waals surface area contributed by atoms with Crippen molar-refractivity contribution in [3.05, 3.63) is 34.3 Å². The zero-order chi connectivity index (χ0) is 14.3. The van der Waals surface area contributed by atoms with E-state index in [9.17, 15) is 14.7 Å². The minimum Gasteiger partial charge on any atom is -0.481 e. The molecule has 1 heterocycles. The second kappa shape index (κ2) is 4.88. The lowest BCUT2D eigenvalue weighted by Gasteiger charge is -2.23. The van der Waals surface area contributed by atoms with E-state index in [1.807, 2.05) is 12.1 Å². The Hall–Kier alpha value is -1.36. The maximum absolute atomic E-state index is 12.5. The van der Waals surface area contributed by atoms with Gasteiger partial charge in [-0.1, -0.05) is 22.4 Å². The van der Waals surface area contributed by atoms with Gasteiger partial charge in [0.05, 0.1) is 5.41 Å². The molecule has 0 radical (unpaired) electrons. The Kier molecular flexibility index (Phi) is 3.32. The number of carboxylic acids is 1. The molecule has 1 N–H and O–H groups in total. The molecule has 0 unspecified atom stereocenters. The molecule has 20 heavy (non-hydrogen) atoms. The molecule has 0 aromatic heterocycles. The van der Waals surface area contributed by atoms with Gasteiger partial charge in [0.15, 0.2) is 0 Å². The molecule has 2 fully saturated rings. The minimum absolute atomic E-state index is 0.0625. The third-order valence-corrected chi connectivity index (χ3v) is 5.20. The maximum atomic E-state index is 12.5. The van der Waals surface area contributed by atoms with E-state index in [4.69, 9.17) is 0 Å². The number of benzene rings is 1. The number of aliphatic carboxylic acids is 1. The lowest BCUT2D eigenvalue weighted by Crippen LogP contribution is -2.37. The number of carbonyl (C=O) groups excluding carboxylic acids is 1. The van der Waals surface area contributed by atoms with Crippen LogP contribution in [0.3, 0.4) is 0 Å². The molecule has 1 aliphatic carbocycles. The van der Waals surface area contributed by atoms with Crippen molar-refractivity contribution in [1.29, 1.82) is 0 Å². The summed E-state index contributed by atoms with van der Waals surface area (Å²) in [6.45, 7) is 0.920. The average molecular weight is 338 g/mol. The summed E-state index contributed by atoms with van der Waals surface area (Å²) >= 11 is 3.34. The predicted octanol–water partition coefficient (Wildman–Crippen LogP) is 2.78. The second-order valence-corrected chi connectivity index (χ2v) is 6.66. The minimum atomic E-state index is -0.744. The molecule has 2 aliphatic rings. The summed E-state index contributed by atoms with van der Waals surface area (Å²) in [6.07, 6.45) is 2.56. The number of amides is 1. The quantitative estimate of drug-likeness (QED) is 0.902. The first-order valence-electron chi connectivity index (χ1n) is 6.81. The molecule has 4 nitrogen and oxygen atoms in total. The molecular formula is C15H16BrNO3. The van der Waals surface area contributed by atoms with Crippen molar-refractivity contribution in [2.45, 2.75) is 19.3 Å². The van der Waals surface area contributed by atoms with Crippen LogP contribution in [0, 0.1) is 11.3 Å². The van der Waals surface area contributed by atoms with E-state index in [-0.39, 0.29) is 11.8 Å². The summed E-state index contributed by atoms with van der Waals surface area (Å²) in [7, 11) is 0. The van der Waals surface area contributed by atoms with E-state index in [0.29, 0.717) is 25.1 Å². The van der Waals surface area contributed by atoms with Crippen LogP contribution < -0.4 is 0 Å². The van der Waals surface area contributed by atoms with Gasteiger partial charge >= 0.3 is 5.97 Å². The Morgan fingerprint density at radius 1 is 1.30 bits per heavy atom. The molecule has 1 amide bonds. The number of rotatable bonds is 2. The van der Waals surface area contributed by atoms with Gasteiger partial charge in [-0.25, -0.2) is 0 Å². The monoisotopic (exact) mass is 337 g/mol. The number of hydrogen-bond donors (Lipinski definition) is 1. The Bertz CT molecular complexity index is 557. The van der Waals surface area contributed by atoms with Crippen LogP contribution in [0.2, 0.25) is 0 Å². The van der Waals surface area contributed by atoms with E-state index in [1.165, 1.54) is 0 Å². The number of carbonyl (C=O) groups is 2. The molecule has 2 atom stereocenters. The van der Waals surface area contributed by atoms with Crippen molar-refractivity contribution < 1.29 is 14.7 Å². The number of likely N-dealkylation sites (tertiary alicyclic amines) is 1. The van der Waals surface area contributed by atoms with Crippen LogP contribution in [0.15, 0.2) is 28.7 Å². The molecule has 3 rings (SSSR count). The van der Waals surface area contributed by atoms with E-state index in [1.54, 1.807) is 17.0 Å². The van der Waals surface area contributed by atoms with E-state index in [0.717, 1.165) is 17.3 Å². The number of carboxylic acid groups (broad SMARTS) is 1. The molecule has 5 heteroatoms. The smallest absolute Gasteiger partial charge is 0.311 e. The Balaban J connectivity index is 1.82. The van der Waals surface area contributed by atoms with Crippen molar-refractivity contribution in [1.82, 2.24) is 4.90 Å². The van der Waals surface area contributed by atoms with Gasteiger partial charge in [-0.3, -0.25) is 9.59 Å². The van der Waals surface area contributed by atoms with Gasteiger partial charge in [-0.2, -0.15) is 0 Å². The van der Waals surface area contributed by atoms with Gasteiger partial charge in [0.25, 0.3) is 5.91 Å². The highest BCUT2D eigenvalue weighted by atomic mass is 79.9. The van der Waals surface area contributed by atoms with Gasteiger partial charge in [-0.05, 0) is 43.0 Å². The zero-order valence-corrected chi connectivity index (χ0v) is 12.6. The SMILES string of the molecule is O=C(c1ccc(Br)cc1)N1C[C@@H]2CCC[C@]2(C(=O)O)C1. The first kappa shape index (κ1) is 13.6. The van der Waals surface area contributed by atoms with Crippen LogP contribution in [-0.2, 0) is 4.79 Å². The number of nitrogens with zero attached hydrogens (tertiary/aromatic N) is 1. The molecule has 1 saturated heterocycles. The summed E-state index contributed by atoms with van der Waals surface area (Å²) in [5.41, 5.74) is -0.0842. The number of fused-ring (bicyclic) bond motifs is 1. The highest BCUT2D eigenvalue weighted by molar-refractivity contribution is 9.10. The van der Waals surface area contributed by atoms with Crippen LogP contribution >= 0.6 is 15.9 Å². The topological polar surface area (TPSA) is 57.6 Å². The summed E-state index contributed by atoms with van der Waals surface area (Å²) in [5.74, 6) is -0.696. The van der Waals surface area contributed by atoms with E-state index < -0.39 is 11.4 Å². The standard InChI is InChI=1S/C15H16BrNO3/c16-12-5-3-10(4-6-12)13(18)17-8-11-2-1-7-15(11,9-17)14(19)20/h3-6,11H,1-2,7-9H2,(H,19,20)/t11-,15-/m0/s1. The molecule has 106 valence electrons. The van der Waals surface area contributed by atoms with E-state index >= 15 is 0 Å². The van der Waals surface area contributed by atoms with Crippen LogP contribution in [-0.4, -0.2) is 35.0 Å². The highest BCUT2D eigenvalue weighted by Crippen LogP contribution is 2.49. The molecule has 1 aliphatic heterocycles. The second-order valence-electron chi connectivity index (χ2n) is 5.74. The van der Waals surface area contributed by atoms with Crippen molar-refractivity contribution in [2.75, 3.05) is 13.1 Å². The zero-order valence-electron chi connectivity index (χ0n) is 11.0. The van der Waals surface area contributed by atoms with Crippen molar-refractivity contribution in [2.24, 2.45) is 11.3 Å². The fourth-order valence-corrected chi connectivity index (χ4v) is 3.83. The fourth-order valence-electron chi connectivity index (χ4n) is 3.57. The lowest BCUT2D eigenvalue weighted by atomic mass is 9.81. The van der Waals surface area contributed by atoms with Gasteiger partial charge in [0.2, 0.25) is 0 Å². The summed E-state index contributed by atoms with van der Waals surface area (Å²) < 4.78 is 0.925. The molecule has 1 aromatic rings. The number of halogens is 1. The van der Waals surface area contributed by atoms with Crippen molar-refractivity contribution in [3.63, 3.8) is 0 Å². The number of hydrogen-bond acceptors (Lipinski definition) is 2. The largest absolute Gasteiger partial charge is 0.481 e. The maximum Gasteiger partial charge on any atom is 0.311 e. The molecular weight excluding hydrogens is 322 g/mol. The Labute approximate surface area is 125 Å². The lowest BCUT2D eigenvalue weighted by molar-refractivity contribution is -0.149. The van der Waals surface area contributed by atoms with Gasteiger partial charge < -0.3 is 10.0 Å². The van der Waals surface area contributed by atoms with Crippen LogP contribution in [0.25, 0.3) is 0 Å². The van der Waals surface area contributed by atoms with Crippen LogP contribution in [0.5, 0.6) is 0 Å². The predicted molar refractivity (Wildman–Crippen MR) is 77.5 cm³/mol. The van der Waals surface area contributed by atoms with Crippen molar-refractivity contribution in [3.8, 4) is 0 Å². The van der Waals surface area contributed by atoms with Gasteiger partial charge in [0, 0.05) is 23.1 Å². The summed E-state index contributed by atoms with van der Waals surface area (Å²) in [6, 6.07) is 7.20. The Morgan fingerprint density at radius 2 is 2.00 bits per heavy atom.